The van der Waals surface area contributed by atoms with Crippen molar-refractivity contribution in [3.05, 3.63) is 36.0 Å². The third kappa shape index (κ3) is 5.96. The van der Waals surface area contributed by atoms with Gasteiger partial charge in [0, 0.05) is 30.7 Å². The van der Waals surface area contributed by atoms with E-state index in [0.717, 1.165) is 31.3 Å². The van der Waals surface area contributed by atoms with Crippen molar-refractivity contribution in [2.24, 2.45) is 17.4 Å². The minimum Gasteiger partial charge on any atom is -0.371 e. The van der Waals surface area contributed by atoms with Crippen molar-refractivity contribution in [3.8, 4) is 0 Å². The summed E-state index contributed by atoms with van der Waals surface area (Å²) < 4.78 is 37.5. The Morgan fingerprint density at radius 3 is 2.52 bits per heavy atom. The molecule has 0 radical (unpaired) electrons. The molecule has 1 saturated heterocycles. The van der Waals surface area contributed by atoms with E-state index in [0.29, 0.717) is 12.2 Å². The van der Waals surface area contributed by atoms with Gasteiger partial charge < -0.3 is 27.0 Å². The first-order valence-corrected chi connectivity index (χ1v) is 9.51. The van der Waals surface area contributed by atoms with Crippen LogP contribution >= 0.6 is 0 Å². The summed E-state index contributed by atoms with van der Waals surface area (Å²) >= 11 is 0. The number of amides is 2. The number of halogens is 3. The highest BCUT2D eigenvalue weighted by atomic mass is 19.4. The number of rotatable bonds is 7. The summed E-state index contributed by atoms with van der Waals surface area (Å²) in [4.78, 5) is 32.8. The Balaban J connectivity index is 1.72. The minimum atomic E-state index is -4.49. The number of aromatic nitrogens is 2. The largest absolute Gasteiger partial charge is 0.405 e. The molecule has 6 N–H and O–H groups in total. The third-order valence-electron chi connectivity index (χ3n) is 4.82. The number of nitrogens with one attached hydrogen (secondary N) is 2. The first-order chi connectivity index (χ1) is 14.6. The third-order valence-corrected chi connectivity index (χ3v) is 4.82. The molecule has 1 fully saturated rings. The van der Waals surface area contributed by atoms with Gasteiger partial charge >= 0.3 is 6.18 Å². The normalized spacial score (nSPS) is 16.6. The van der Waals surface area contributed by atoms with Crippen LogP contribution in [0.2, 0.25) is 0 Å². The molecule has 1 aliphatic heterocycles. The number of carbonyl (C=O) groups excluding carboxylic acids is 2. The van der Waals surface area contributed by atoms with Gasteiger partial charge in [-0.1, -0.05) is 0 Å². The number of piperidine rings is 1. The highest BCUT2D eigenvalue weighted by Crippen LogP contribution is 2.26. The Labute approximate surface area is 176 Å². The number of alkyl halides is 3. The van der Waals surface area contributed by atoms with Crippen molar-refractivity contribution in [2.45, 2.75) is 19.0 Å². The molecule has 0 aliphatic carbocycles. The first kappa shape index (κ1) is 22.1. The molecule has 2 heterocycles. The Bertz CT molecular complexity index is 951. The molecule has 1 unspecified atom stereocenters. The van der Waals surface area contributed by atoms with Gasteiger partial charge in [0.1, 0.15) is 12.4 Å². The van der Waals surface area contributed by atoms with E-state index in [1.807, 2.05) is 12.1 Å². The predicted octanol–water partition coefficient (Wildman–Crippen LogP) is 1.99. The van der Waals surface area contributed by atoms with Gasteiger partial charge in [-0.3, -0.25) is 9.59 Å². The quantitative estimate of drug-likeness (QED) is 0.519. The number of anilines is 4. The lowest BCUT2D eigenvalue weighted by Gasteiger charge is -2.33. The topological polar surface area (TPSA) is 139 Å². The summed E-state index contributed by atoms with van der Waals surface area (Å²) in [6.07, 6.45) is -1.80. The molecule has 2 amide bonds. The number of nitrogens with zero attached hydrogens (tertiary/aromatic N) is 3. The maximum absolute atomic E-state index is 12.5. The van der Waals surface area contributed by atoms with Crippen LogP contribution in [0, 0.1) is 5.92 Å². The number of nitrogens with two attached hydrogens (primary N) is 2. The zero-order chi connectivity index (χ0) is 22.6. The molecule has 31 heavy (non-hydrogen) atoms. The maximum Gasteiger partial charge on any atom is 0.405 e. The average molecular weight is 437 g/mol. The van der Waals surface area contributed by atoms with E-state index in [9.17, 15) is 22.8 Å². The van der Waals surface area contributed by atoms with Crippen LogP contribution in [0.5, 0.6) is 0 Å². The van der Waals surface area contributed by atoms with E-state index in [4.69, 9.17) is 11.5 Å². The molecule has 166 valence electrons. The summed E-state index contributed by atoms with van der Waals surface area (Å²) in [5.74, 6) is -1.77. The summed E-state index contributed by atoms with van der Waals surface area (Å²) in [7, 11) is 0. The number of hydrogen-bond acceptors (Lipinski definition) is 7. The molecular weight excluding hydrogens is 415 g/mol. The van der Waals surface area contributed by atoms with Crippen LogP contribution in [-0.2, 0) is 4.79 Å². The van der Waals surface area contributed by atoms with E-state index >= 15 is 0 Å². The molecular formula is C19H22F3N7O2. The molecule has 3 rings (SSSR count). The zero-order valence-corrected chi connectivity index (χ0v) is 16.4. The number of carbonyl (C=O) groups is 2. The molecule has 0 saturated carbocycles. The van der Waals surface area contributed by atoms with Gasteiger partial charge in [0.15, 0.2) is 0 Å². The zero-order valence-electron chi connectivity index (χ0n) is 16.4. The van der Waals surface area contributed by atoms with Crippen LogP contribution in [-0.4, -0.2) is 47.6 Å². The highest BCUT2D eigenvalue weighted by molar-refractivity contribution is 5.97. The Morgan fingerprint density at radius 1 is 1.19 bits per heavy atom. The van der Waals surface area contributed by atoms with E-state index in [-0.39, 0.29) is 29.2 Å². The van der Waals surface area contributed by atoms with Gasteiger partial charge in [-0.15, -0.1) is 0 Å². The second-order valence-electron chi connectivity index (χ2n) is 7.15. The lowest BCUT2D eigenvalue weighted by atomic mass is 9.97. The van der Waals surface area contributed by atoms with Crippen LogP contribution in [0.1, 0.15) is 23.2 Å². The highest BCUT2D eigenvalue weighted by Gasteiger charge is 2.28. The molecule has 1 atom stereocenters. The molecule has 9 nitrogen and oxygen atoms in total. The van der Waals surface area contributed by atoms with Gasteiger partial charge in [0.2, 0.25) is 11.9 Å². The Morgan fingerprint density at radius 2 is 1.90 bits per heavy atom. The number of hydrogen-bond donors (Lipinski definition) is 4. The average Bonchev–Trinajstić information content (AvgIpc) is 2.72. The van der Waals surface area contributed by atoms with Crippen LogP contribution in [0.25, 0.3) is 0 Å². The van der Waals surface area contributed by atoms with Gasteiger partial charge in [0.25, 0.3) is 5.91 Å². The maximum atomic E-state index is 12.5. The first-order valence-electron chi connectivity index (χ1n) is 9.51. The smallest absolute Gasteiger partial charge is 0.371 e. The van der Waals surface area contributed by atoms with Crippen LogP contribution in [0.15, 0.2) is 30.5 Å². The standard InChI is InChI=1S/C19H22F3N7O2/c20-19(21,22)10-26-17-14(16(24)31)8-25-18(28-17)27-12-3-5-13(6-4-12)29-7-1-2-11(9-29)15(23)30/h3-6,8,11H,1-2,7,9-10H2,(H2,23,30)(H2,24,31)(H2,25,26,27,28). The Hall–Kier alpha value is -3.57. The fourth-order valence-corrected chi connectivity index (χ4v) is 3.27. The van der Waals surface area contributed by atoms with Gasteiger partial charge in [-0.05, 0) is 37.1 Å². The van der Waals surface area contributed by atoms with Crippen LogP contribution in [0.4, 0.5) is 36.3 Å². The van der Waals surface area contributed by atoms with E-state index < -0.39 is 18.6 Å². The van der Waals surface area contributed by atoms with E-state index in [2.05, 4.69) is 25.5 Å². The van der Waals surface area contributed by atoms with E-state index in [1.54, 1.807) is 12.1 Å². The lowest BCUT2D eigenvalue weighted by molar-refractivity contribution is -0.122. The van der Waals surface area contributed by atoms with Crippen molar-refractivity contribution in [3.63, 3.8) is 0 Å². The second-order valence-corrected chi connectivity index (χ2v) is 7.15. The molecule has 0 bridgehead atoms. The summed E-state index contributed by atoms with van der Waals surface area (Å²) in [5.41, 5.74) is 11.8. The van der Waals surface area contributed by atoms with E-state index in [1.165, 1.54) is 0 Å². The van der Waals surface area contributed by atoms with Crippen molar-refractivity contribution >= 4 is 35.0 Å². The number of benzene rings is 1. The fourth-order valence-electron chi connectivity index (χ4n) is 3.27. The van der Waals surface area contributed by atoms with Crippen molar-refractivity contribution in [1.29, 1.82) is 0 Å². The molecule has 12 heteroatoms. The molecule has 1 aromatic carbocycles. The summed E-state index contributed by atoms with van der Waals surface area (Å²) in [6, 6.07) is 7.17. The molecule has 0 spiro atoms. The van der Waals surface area contributed by atoms with Gasteiger partial charge in [-0.25, -0.2) is 4.98 Å². The monoisotopic (exact) mass is 437 g/mol. The minimum absolute atomic E-state index is 0.00538. The lowest BCUT2D eigenvalue weighted by Crippen LogP contribution is -2.41. The molecule has 2 aromatic rings. The predicted molar refractivity (Wildman–Crippen MR) is 109 cm³/mol. The fraction of sp³-hybridized carbons (Fsp3) is 0.368. The molecule has 1 aliphatic rings. The van der Waals surface area contributed by atoms with Crippen LogP contribution < -0.4 is 27.0 Å². The summed E-state index contributed by atoms with van der Waals surface area (Å²) in [6.45, 7) is -0.0168. The van der Waals surface area contributed by atoms with Crippen molar-refractivity contribution in [1.82, 2.24) is 9.97 Å². The summed E-state index contributed by atoms with van der Waals surface area (Å²) in [5, 5.41) is 4.94. The SMILES string of the molecule is NC(=O)c1cnc(Nc2ccc(N3CCCC(C(N)=O)C3)cc2)nc1NCC(F)(F)F. The molecule has 1 aromatic heterocycles. The second kappa shape index (κ2) is 9.06. The Kier molecular flexibility index (Phi) is 6.47. The van der Waals surface area contributed by atoms with Crippen molar-refractivity contribution in [2.75, 3.05) is 35.2 Å². The van der Waals surface area contributed by atoms with Crippen molar-refractivity contribution < 1.29 is 22.8 Å². The van der Waals surface area contributed by atoms with Gasteiger partial charge in [-0.2, -0.15) is 18.2 Å². The van der Waals surface area contributed by atoms with Gasteiger partial charge in [0.05, 0.1) is 11.5 Å². The van der Waals surface area contributed by atoms with Crippen LogP contribution in [0.3, 0.4) is 0 Å². The number of primary amides is 2.